The van der Waals surface area contributed by atoms with E-state index in [9.17, 15) is 4.39 Å². The van der Waals surface area contributed by atoms with Crippen LogP contribution in [-0.4, -0.2) is 15.4 Å². The molecule has 2 nitrogen and oxygen atoms in total. The zero-order chi connectivity index (χ0) is 14.1. The molecule has 1 heterocycles. The van der Waals surface area contributed by atoms with E-state index in [1.807, 2.05) is 0 Å². The smallest absolute Gasteiger partial charge is 0.125 e. The fourth-order valence-electron chi connectivity index (χ4n) is 3.29. The van der Waals surface area contributed by atoms with Crippen LogP contribution in [-0.2, 0) is 6.42 Å². The van der Waals surface area contributed by atoms with Gasteiger partial charge in [0, 0.05) is 18.3 Å². The first-order chi connectivity index (χ1) is 9.69. The van der Waals surface area contributed by atoms with E-state index in [1.165, 1.54) is 18.9 Å². The van der Waals surface area contributed by atoms with Gasteiger partial charge in [0.1, 0.15) is 11.6 Å². The Hall–Kier alpha value is -1.09. The molecular formula is C16H20ClFN2. The van der Waals surface area contributed by atoms with Crippen LogP contribution in [0, 0.1) is 11.7 Å². The lowest BCUT2D eigenvalue weighted by molar-refractivity contribution is 0.289. The van der Waals surface area contributed by atoms with Crippen LogP contribution in [0.1, 0.15) is 44.5 Å². The number of imidazole rings is 1. The number of aryl methyl sites for hydroxylation is 1. The van der Waals surface area contributed by atoms with Crippen molar-refractivity contribution < 1.29 is 4.39 Å². The lowest BCUT2D eigenvalue weighted by Crippen LogP contribution is -2.19. The summed E-state index contributed by atoms with van der Waals surface area (Å²) in [6.07, 6.45) is 5.51. The summed E-state index contributed by atoms with van der Waals surface area (Å²) < 4.78 is 15.8. The van der Waals surface area contributed by atoms with Crippen LogP contribution in [0.15, 0.2) is 18.2 Å². The molecule has 1 aromatic heterocycles. The Kier molecular flexibility index (Phi) is 3.97. The van der Waals surface area contributed by atoms with Gasteiger partial charge in [-0.25, -0.2) is 9.37 Å². The Labute approximate surface area is 123 Å². The van der Waals surface area contributed by atoms with E-state index in [4.69, 9.17) is 11.6 Å². The van der Waals surface area contributed by atoms with E-state index in [1.54, 1.807) is 12.1 Å². The molecule has 3 rings (SSSR count). The summed E-state index contributed by atoms with van der Waals surface area (Å²) in [5.74, 6) is 2.16. The van der Waals surface area contributed by atoms with E-state index < -0.39 is 0 Å². The van der Waals surface area contributed by atoms with Gasteiger partial charge in [-0.2, -0.15) is 0 Å². The maximum Gasteiger partial charge on any atom is 0.125 e. The van der Waals surface area contributed by atoms with E-state index in [2.05, 4.69) is 16.5 Å². The zero-order valence-electron chi connectivity index (χ0n) is 11.8. The second-order valence-corrected chi connectivity index (χ2v) is 6.26. The normalized spacial score (nSPS) is 23.4. The molecule has 0 radical (unpaired) electrons. The summed E-state index contributed by atoms with van der Waals surface area (Å²) in [6, 6.07) is 5.30. The SMILES string of the molecule is CC1CCC(n2c(CCCl)nc3ccc(F)cc32)CC1. The lowest BCUT2D eigenvalue weighted by Gasteiger charge is -2.29. The highest BCUT2D eigenvalue weighted by molar-refractivity contribution is 6.17. The quantitative estimate of drug-likeness (QED) is 0.750. The van der Waals surface area contributed by atoms with Gasteiger partial charge in [0.15, 0.2) is 0 Å². The maximum absolute atomic E-state index is 13.6. The lowest BCUT2D eigenvalue weighted by atomic mass is 9.87. The van der Waals surface area contributed by atoms with Crippen molar-refractivity contribution in [2.75, 3.05) is 5.88 Å². The minimum atomic E-state index is -0.194. The van der Waals surface area contributed by atoms with Crippen LogP contribution >= 0.6 is 11.6 Å². The second kappa shape index (κ2) is 5.72. The van der Waals surface area contributed by atoms with Crippen LogP contribution < -0.4 is 0 Å². The minimum absolute atomic E-state index is 0.194. The molecule has 108 valence electrons. The first kappa shape index (κ1) is 13.9. The van der Waals surface area contributed by atoms with Crippen molar-refractivity contribution in [1.82, 2.24) is 9.55 Å². The van der Waals surface area contributed by atoms with Crippen LogP contribution in [0.3, 0.4) is 0 Å². The van der Waals surface area contributed by atoms with Crippen molar-refractivity contribution in [2.45, 2.75) is 45.1 Å². The van der Waals surface area contributed by atoms with Crippen molar-refractivity contribution in [1.29, 1.82) is 0 Å². The molecule has 0 atom stereocenters. The Balaban J connectivity index is 2.05. The first-order valence-corrected chi connectivity index (χ1v) is 7.95. The number of hydrogen-bond acceptors (Lipinski definition) is 1. The Morgan fingerprint density at radius 1 is 1.30 bits per heavy atom. The number of hydrogen-bond donors (Lipinski definition) is 0. The van der Waals surface area contributed by atoms with E-state index in [0.29, 0.717) is 11.9 Å². The molecule has 0 unspecified atom stereocenters. The van der Waals surface area contributed by atoms with Gasteiger partial charge >= 0.3 is 0 Å². The number of alkyl halides is 1. The monoisotopic (exact) mass is 294 g/mol. The molecule has 0 saturated heterocycles. The number of benzene rings is 1. The molecule has 0 aliphatic heterocycles. The summed E-state index contributed by atoms with van der Waals surface area (Å²) in [4.78, 5) is 4.65. The van der Waals surface area contributed by atoms with Crippen LogP contribution in [0.25, 0.3) is 11.0 Å². The number of aromatic nitrogens is 2. The number of nitrogens with zero attached hydrogens (tertiary/aromatic N) is 2. The molecular weight excluding hydrogens is 275 g/mol. The summed E-state index contributed by atoms with van der Waals surface area (Å²) >= 11 is 5.90. The molecule has 2 aromatic rings. The number of halogens is 2. The van der Waals surface area contributed by atoms with Gasteiger partial charge < -0.3 is 4.57 Å². The first-order valence-electron chi connectivity index (χ1n) is 7.41. The minimum Gasteiger partial charge on any atom is -0.325 e. The van der Waals surface area contributed by atoms with Gasteiger partial charge in [0.25, 0.3) is 0 Å². The Morgan fingerprint density at radius 2 is 2.05 bits per heavy atom. The Morgan fingerprint density at radius 3 is 2.75 bits per heavy atom. The second-order valence-electron chi connectivity index (χ2n) is 5.88. The molecule has 1 aromatic carbocycles. The van der Waals surface area contributed by atoms with Crippen molar-refractivity contribution in [3.63, 3.8) is 0 Å². The fourth-order valence-corrected chi connectivity index (χ4v) is 3.45. The third-order valence-corrected chi connectivity index (χ3v) is 4.58. The van der Waals surface area contributed by atoms with Crippen molar-refractivity contribution in [3.05, 3.63) is 29.8 Å². The molecule has 0 N–H and O–H groups in total. The highest BCUT2D eigenvalue weighted by Gasteiger charge is 2.23. The van der Waals surface area contributed by atoms with Gasteiger partial charge in [-0.05, 0) is 49.8 Å². The van der Waals surface area contributed by atoms with E-state index >= 15 is 0 Å². The predicted octanol–water partition coefficient (Wildman–Crippen LogP) is 4.71. The highest BCUT2D eigenvalue weighted by atomic mass is 35.5. The van der Waals surface area contributed by atoms with Crippen LogP contribution in [0.5, 0.6) is 0 Å². The van der Waals surface area contributed by atoms with Gasteiger partial charge in [-0.1, -0.05) is 6.92 Å². The zero-order valence-corrected chi connectivity index (χ0v) is 12.5. The van der Waals surface area contributed by atoms with Crippen molar-refractivity contribution >= 4 is 22.6 Å². The summed E-state index contributed by atoms with van der Waals surface area (Å²) in [5, 5.41) is 0. The number of rotatable bonds is 3. The largest absolute Gasteiger partial charge is 0.325 e. The third kappa shape index (κ3) is 2.56. The van der Waals surface area contributed by atoms with Gasteiger partial charge in [0.2, 0.25) is 0 Å². The highest BCUT2D eigenvalue weighted by Crippen LogP contribution is 2.35. The molecule has 0 amide bonds. The van der Waals surface area contributed by atoms with Crippen LogP contribution in [0.2, 0.25) is 0 Å². The molecule has 0 spiro atoms. The third-order valence-electron chi connectivity index (χ3n) is 4.39. The van der Waals surface area contributed by atoms with E-state index in [-0.39, 0.29) is 5.82 Å². The topological polar surface area (TPSA) is 17.8 Å². The molecule has 1 fully saturated rings. The fraction of sp³-hybridized carbons (Fsp3) is 0.562. The average Bonchev–Trinajstić information content (AvgIpc) is 2.78. The molecule has 4 heteroatoms. The average molecular weight is 295 g/mol. The van der Waals surface area contributed by atoms with Gasteiger partial charge in [-0.15, -0.1) is 11.6 Å². The predicted molar refractivity (Wildman–Crippen MR) is 80.8 cm³/mol. The standard InChI is InChI=1S/C16H20ClFN2/c1-11-2-5-13(6-3-11)20-15-10-12(18)4-7-14(15)19-16(20)8-9-17/h4,7,10-11,13H,2-3,5-6,8-9H2,1H3. The summed E-state index contributed by atoms with van der Waals surface area (Å²) in [5.41, 5.74) is 1.80. The number of fused-ring (bicyclic) bond motifs is 1. The maximum atomic E-state index is 13.6. The molecule has 1 aliphatic rings. The van der Waals surface area contributed by atoms with Crippen molar-refractivity contribution in [2.24, 2.45) is 5.92 Å². The molecule has 20 heavy (non-hydrogen) atoms. The van der Waals surface area contributed by atoms with Gasteiger partial charge in [-0.3, -0.25) is 0 Å². The van der Waals surface area contributed by atoms with E-state index in [0.717, 1.165) is 42.0 Å². The van der Waals surface area contributed by atoms with Crippen molar-refractivity contribution in [3.8, 4) is 0 Å². The molecule has 0 bridgehead atoms. The van der Waals surface area contributed by atoms with Gasteiger partial charge in [0.05, 0.1) is 11.0 Å². The Bertz CT molecular complexity index is 600. The summed E-state index contributed by atoms with van der Waals surface area (Å²) in [7, 11) is 0. The molecule has 1 aliphatic carbocycles. The molecule has 1 saturated carbocycles. The summed E-state index contributed by atoms with van der Waals surface area (Å²) in [6.45, 7) is 2.31. The van der Waals surface area contributed by atoms with Crippen LogP contribution in [0.4, 0.5) is 4.39 Å².